The van der Waals surface area contributed by atoms with E-state index in [0.29, 0.717) is 21.0 Å². The molecule has 7 nitrogen and oxygen atoms in total. The highest BCUT2D eigenvalue weighted by Gasteiger charge is 2.16. The molecule has 0 saturated carbocycles. The van der Waals surface area contributed by atoms with Crippen LogP contribution in [0.5, 0.6) is 0 Å². The Kier molecular flexibility index (Phi) is 3.20. The van der Waals surface area contributed by atoms with Gasteiger partial charge in [-0.1, -0.05) is 11.3 Å². The van der Waals surface area contributed by atoms with Crippen LogP contribution in [0.25, 0.3) is 0 Å². The van der Waals surface area contributed by atoms with Crippen molar-refractivity contribution in [2.75, 3.05) is 11.5 Å². The molecule has 1 atom stereocenters. The predicted octanol–water partition coefficient (Wildman–Crippen LogP) is 0.650. The maximum absolute atomic E-state index is 11.8. The molecule has 0 aliphatic carbocycles. The number of thiazole rings is 1. The zero-order chi connectivity index (χ0) is 12.4. The van der Waals surface area contributed by atoms with Gasteiger partial charge in [0.2, 0.25) is 5.13 Å². The number of anilines is 2. The number of aromatic nitrogens is 3. The quantitative estimate of drug-likeness (QED) is 0.753. The number of nitrogens with one attached hydrogen (secondary N) is 1. The summed E-state index contributed by atoms with van der Waals surface area (Å²) in [6.07, 6.45) is 0. The summed E-state index contributed by atoms with van der Waals surface area (Å²) in [5.74, 6) is -0.292. The monoisotopic (exact) mass is 270 g/mol. The largest absolute Gasteiger partial charge is 0.375 e. The van der Waals surface area contributed by atoms with Crippen molar-refractivity contribution < 1.29 is 4.79 Å². The van der Waals surface area contributed by atoms with Gasteiger partial charge in [0, 0.05) is 5.38 Å². The smallest absolute Gasteiger partial charge is 0.271 e. The van der Waals surface area contributed by atoms with Gasteiger partial charge in [-0.15, -0.1) is 21.5 Å². The van der Waals surface area contributed by atoms with E-state index in [1.807, 2.05) is 0 Å². The Labute approximate surface area is 105 Å². The van der Waals surface area contributed by atoms with E-state index in [9.17, 15) is 4.79 Å². The Morgan fingerprint density at radius 1 is 1.41 bits per heavy atom. The molecule has 0 bridgehead atoms. The first-order chi connectivity index (χ1) is 8.06. The zero-order valence-corrected chi connectivity index (χ0v) is 10.5. The van der Waals surface area contributed by atoms with Crippen LogP contribution >= 0.6 is 22.7 Å². The van der Waals surface area contributed by atoms with Crippen LogP contribution in [0.1, 0.15) is 28.5 Å². The molecule has 0 radical (unpaired) electrons. The molecule has 2 aromatic rings. The number of hydrogen-bond acceptors (Lipinski definition) is 8. The molecule has 0 aromatic carbocycles. The Bertz CT molecular complexity index is 536. The average molecular weight is 270 g/mol. The predicted molar refractivity (Wildman–Crippen MR) is 66.7 cm³/mol. The number of amides is 1. The SMILES string of the molecule is C[C@H](NC(=O)c1csc(N)n1)c1nnc(N)s1. The Morgan fingerprint density at radius 2 is 2.18 bits per heavy atom. The second-order valence-corrected chi connectivity index (χ2v) is 5.18. The van der Waals surface area contributed by atoms with E-state index < -0.39 is 0 Å². The number of rotatable bonds is 3. The van der Waals surface area contributed by atoms with Gasteiger partial charge in [-0.2, -0.15) is 0 Å². The molecule has 0 aliphatic heterocycles. The molecular weight excluding hydrogens is 260 g/mol. The van der Waals surface area contributed by atoms with Gasteiger partial charge in [0.1, 0.15) is 10.7 Å². The molecule has 2 aromatic heterocycles. The van der Waals surface area contributed by atoms with Crippen molar-refractivity contribution in [3.05, 3.63) is 16.1 Å². The van der Waals surface area contributed by atoms with Gasteiger partial charge >= 0.3 is 0 Å². The Morgan fingerprint density at radius 3 is 2.71 bits per heavy atom. The summed E-state index contributed by atoms with van der Waals surface area (Å²) in [5, 5.41) is 13.3. The molecule has 0 unspecified atom stereocenters. The van der Waals surface area contributed by atoms with Crippen molar-refractivity contribution in [2.24, 2.45) is 0 Å². The van der Waals surface area contributed by atoms with Crippen LogP contribution in [0.2, 0.25) is 0 Å². The summed E-state index contributed by atoms with van der Waals surface area (Å²) in [5.41, 5.74) is 11.2. The summed E-state index contributed by atoms with van der Waals surface area (Å²) < 4.78 is 0. The lowest BCUT2D eigenvalue weighted by Gasteiger charge is -2.08. The minimum absolute atomic E-state index is 0.264. The van der Waals surface area contributed by atoms with Crippen molar-refractivity contribution >= 4 is 38.8 Å². The maximum Gasteiger partial charge on any atom is 0.271 e. The highest BCUT2D eigenvalue weighted by atomic mass is 32.1. The lowest BCUT2D eigenvalue weighted by atomic mass is 10.3. The fraction of sp³-hybridized carbons (Fsp3) is 0.250. The van der Waals surface area contributed by atoms with E-state index in [4.69, 9.17) is 11.5 Å². The summed E-state index contributed by atoms with van der Waals surface area (Å²) in [6.45, 7) is 1.80. The van der Waals surface area contributed by atoms with Gasteiger partial charge in [0.25, 0.3) is 5.91 Å². The molecule has 2 heterocycles. The standard InChI is InChI=1S/C8H10N6OS2/c1-3(6-13-14-8(10)17-6)11-5(15)4-2-16-7(9)12-4/h2-3H,1H3,(H2,9,12)(H2,10,14)(H,11,15)/t3-/m0/s1. The van der Waals surface area contributed by atoms with Gasteiger partial charge < -0.3 is 16.8 Å². The first-order valence-corrected chi connectivity index (χ1v) is 6.36. The lowest BCUT2D eigenvalue weighted by molar-refractivity contribution is 0.0935. The second-order valence-electron chi connectivity index (χ2n) is 3.24. The van der Waals surface area contributed by atoms with Crippen molar-refractivity contribution in [1.29, 1.82) is 0 Å². The molecule has 90 valence electrons. The van der Waals surface area contributed by atoms with Crippen LogP contribution in [0, 0.1) is 0 Å². The van der Waals surface area contributed by atoms with E-state index >= 15 is 0 Å². The normalized spacial score (nSPS) is 12.3. The third-order valence-electron chi connectivity index (χ3n) is 1.93. The fourth-order valence-electron chi connectivity index (χ4n) is 1.15. The first kappa shape index (κ1) is 11.7. The highest BCUT2D eigenvalue weighted by Crippen LogP contribution is 2.19. The molecule has 0 spiro atoms. The van der Waals surface area contributed by atoms with Crippen LogP contribution in [0.4, 0.5) is 10.3 Å². The number of hydrogen-bond donors (Lipinski definition) is 3. The van der Waals surface area contributed by atoms with Gasteiger partial charge in [-0.3, -0.25) is 4.79 Å². The van der Waals surface area contributed by atoms with Crippen LogP contribution in [-0.2, 0) is 0 Å². The van der Waals surface area contributed by atoms with E-state index in [2.05, 4.69) is 20.5 Å². The number of nitrogen functional groups attached to an aromatic ring is 2. The minimum atomic E-state index is -0.292. The third kappa shape index (κ3) is 2.68. The van der Waals surface area contributed by atoms with Crippen molar-refractivity contribution in [3.63, 3.8) is 0 Å². The topological polar surface area (TPSA) is 120 Å². The number of carbonyl (C=O) groups excluding carboxylic acids is 1. The van der Waals surface area contributed by atoms with Crippen LogP contribution in [0.15, 0.2) is 5.38 Å². The molecule has 17 heavy (non-hydrogen) atoms. The zero-order valence-electron chi connectivity index (χ0n) is 8.88. The third-order valence-corrected chi connectivity index (χ3v) is 3.54. The minimum Gasteiger partial charge on any atom is -0.375 e. The molecule has 2 rings (SSSR count). The van der Waals surface area contributed by atoms with Gasteiger partial charge in [-0.25, -0.2) is 4.98 Å². The molecule has 9 heteroatoms. The van der Waals surface area contributed by atoms with Crippen molar-refractivity contribution in [2.45, 2.75) is 13.0 Å². The van der Waals surface area contributed by atoms with E-state index in [-0.39, 0.29) is 11.9 Å². The fourth-order valence-corrected chi connectivity index (χ4v) is 2.30. The summed E-state index contributed by atoms with van der Waals surface area (Å²) in [4.78, 5) is 15.6. The number of carbonyl (C=O) groups is 1. The van der Waals surface area contributed by atoms with E-state index in [1.54, 1.807) is 12.3 Å². The van der Waals surface area contributed by atoms with Gasteiger partial charge in [-0.05, 0) is 6.92 Å². The van der Waals surface area contributed by atoms with E-state index in [1.165, 1.54) is 22.7 Å². The number of nitrogens with two attached hydrogens (primary N) is 2. The van der Waals surface area contributed by atoms with Crippen molar-refractivity contribution in [1.82, 2.24) is 20.5 Å². The molecule has 0 fully saturated rings. The van der Waals surface area contributed by atoms with Crippen LogP contribution in [-0.4, -0.2) is 21.1 Å². The van der Waals surface area contributed by atoms with Crippen LogP contribution < -0.4 is 16.8 Å². The van der Waals surface area contributed by atoms with Crippen LogP contribution in [0.3, 0.4) is 0 Å². The van der Waals surface area contributed by atoms with Crippen molar-refractivity contribution in [3.8, 4) is 0 Å². The molecule has 0 aliphatic rings. The summed E-state index contributed by atoms with van der Waals surface area (Å²) in [6, 6.07) is -0.264. The molecule has 0 saturated heterocycles. The lowest BCUT2D eigenvalue weighted by Crippen LogP contribution is -2.26. The van der Waals surface area contributed by atoms with E-state index in [0.717, 1.165) is 0 Å². The van der Waals surface area contributed by atoms with Gasteiger partial charge in [0.15, 0.2) is 5.13 Å². The first-order valence-electron chi connectivity index (χ1n) is 4.67. The summed E-state index contributed by atoms with van der Waals surface area (Å²) >= 11 is 2.46. The molecular formula is C8H10N6OS2. The number of nitrogens with zero attached hydrogens (tertiary/aromatic N) is 3. The average Bonchev–Trinajstić information content (AvgIpc) is 2.87. The molecule has 1 amide bonds. The highest BCUT2D eigenvalue weighted by molar-refractivity contribution is 7.15. The Balaban J connectivity index is 2.04. The summed E-state index contributed by atoms with van der Waals surface area (Å²) in [7, 11) is 0. The van der Waals surface area contributed by atoms with Gasteiger partial charge in [0.05, 0.1) is 6.04 Å². The maximum atomic E-state index is 11.8. The second kappa shape index (κ2) is 4.63. The Hall–Kier alpha value is -1.74. The molecule has 5 N–H and O–H groups in total.